The Morgan fingerprint density at radius 1 is 1.24 bits per heavy atom. The number of rotatable bonds is 3. The quantitative estimate of drug-likeness (QED) is 0.842. The largest absolute Gasteiger partial charge is 0.481 e. The molecule has 0 unspecified atom stereocenters. The Kier molecular flexibility index (Phi) is 3.48. The maximum atomic E-state index is 12.2. The average molecular weight is 253 g/mol. The van der Waals surface area contributed by atoms with Gasteiger partial charge in [-0.25, -0.2) is 0 Å². The molecule has 2 atom stereocenters. The van der Waals surface area contributed by atoms with Gasteiger partial charge in [0.15, 0.2) is 5.78 Å². The second kappa shape index (κ2) is 4.88. The van der Waals surface area contributed by atoms with Gasteiger partial charge in [-0.1, -0.05) is 30.2 Å². The van der Waals surface area contributed by atoms with Crippen molar-refractivity contribution in [1.29, 1.82) is 0 Å². The van der Waals surface area contributed by atoms with Crippen LogP contribution in [0.4, 0.5) is 0 Å². The number of hydrogen-bond acceptors (Lipinski definition) is 2. The number of hydrogen-bond donors (Lipinski definition) is 1. The number of aliphatic carboxylic acids is 1. The molecule has 0 aliphatic heterocycles. The number of Topliss-reactive ketones (excluding diaryl/α,β-unsaturated/α-hetero) is 1. The molecule has 1 N–H and O–H groups in total. The lowest BCUT2D eigenvalue weighted by Gasteiger charge is -2.14. The number of carboxylic acid groups (broad SMARTS) is 1. The normalized spacial score (nSPS) is 23.6. The second-order valence-corrected chi connectivity index (χ2v) is 4.79. The van der Waals surface area contributed by atoms with Crippen molar-refractivity contribution in [3.8, 4) is 0 Å². The van der Waals surface area contributed by atoms with Crippen LogP contribution >= 0.6 is 11.6 Å². The smallest absolute Gasteiger partial charge is 0.307 e. The van der Waals surface area contributed by atoms with Crippen LogP contribution in [0.1, 0.15) is 29.6 Å². The third kappa shape index (κ3) is 2.50. The fourth-order valence-electron chi connectivity index (χ4n) is 2.43. The van der Waals surface area contributed by atoms with Crippen LogP contribution in [0.3, 0.4) is 0 Å². The fraction of sp³-hybridized carbons (Fsp3) is 0.385. The first-order valence-corrected chi connectivity index (χ1v) is 6.00. The first-order valence-electron chi connectivity index (χ1n) is 5.62. The highest BCUT2D eigenvalue weighted by molar-refractivity contribution is 6.31. The summed E-state index contributed by atoms with van der Waals surface area (Å²) in [6.45, 7) is 0. The number of carbonyl (C=O) groups excluding carboxylic acids is 1. The van der Waals surface area contributed by atoms with Gasteiger partial charge in [-0.3, -0.25) is 9.59 Å². The number of carboxylic acids is 1. The van der Waals surface area contributed by atoms with E-state index in [0.717, 1.165) is 6.42 Å². The SMILES string of the molecule is O=C(c1cccc(Cl)c1)[C@H]1CCC[C@H]1C(=O)O. The molecule has 0 saturated heterocycles. The van der Waals surface area contributed by atoms with Gasteiger partial charge in [-0.2, -0.15) is 0 Å². The summed E-state index contributed by atoms with van der Waals surface area (Å²) in [7, 11) is 0. The number of carbonyl (C=O) groups is 2. The van der Waals surface area contributed by atoms with E-state index >= 15 is 0 Å². The zero-order valence-corrected chi connectivity index (χ0v) is 9.98. The summed E-state index contributed by atoms with van der Waals surface area (Å²) in [5.74, 6) is -1.91. The maximum Gasteiger partial charge on any atom is 0.307 e. The van der Waals surface area contributed by atoms with Crippen LogP contribution in [0.2, 0.25) is 5.02 Å². The van der Waals surface area contributed by atoms with Gasteiger partial charge in [0.1, 0.15) is 0 Å². The Morgan fingerprint density at radius 3 is 2.59 bits per heavy atom. The maximum absolute atomic E-state index is 12.2. The third-order valence-corrected chi connectivity index (χ3v) is 3.51. The highest BCUT2D eigenvalue weighted by Crippen LogP contribution is 2.34. The molecular formula is C13H13ClO3. The van der Waals surface area contributed by atoms with Crippen LogP contribution in [0.15, 0.2) is 24.3 Å². The molecular weight excluding hydrogens is 240 g/mol. The first-order chi connectivity index (χ1) is 8.09. The van der Waals surface area contributed by atoms with Crippen molar-refractivity contribution in [3.05, 3.63) is 34.9 Å². The van der Waals surface area contributed by atoms with E-state index in [1.165, 1.54) is 0 Å². The fourth-order valence-corrected chi connectivity index (χ4v) is 2.62. The van der Waals surface area contributed by atoms with Crippen molar-refractivity contribution in [2.75, 3.05) is 0 Å². The molecule has 1 aromatic rings. The van der Waals surface area contributed by atoms with E-state index in [1.54, 1.807) is 24.3 Å². The monoisotopic (exact) mass is 252 g/mol. The molecule has 1 aromatic carbocycles. The third-order valence-electron chi connectivity index (χ3n) is 3.28. The van der Waals surface area contributed by atoms with Crippen molar-refractivity contribution in [2.45, 2.75) is 19.3 Å². The molecule has 4 heteroatoms. The van der Waals surface area contributed by atoms with E-state index < -0.39 is 17.8 Å². The summed E-state index contributed by atoms with van der Waals surface area (Å²) in [6, 6.07) is 6.69. The molecule has 0 aromatic heterocycles. The Bertz CT molecular complexity index is 456. The molecule has 90 valence electrons. The van der Waals surface area contributed by atoms with Gasteiger partial charge in [0.25, 0.3) is 0 Å². The minimum absolute atomic E-state index is 0.0996. The van der Waals surface area contributed by atoms with E-state index in [0.29, 0.717) is 23.4 Å². The Labute approximate surface area is 104 Å². The van der Waals surface area contributed by atoms with Gasteiger partial charge in [0.2, 0.25) is 0 Å². The average Bonchev–Trinajstić information content (AvgIpc) is 2.77. The molecule has 0 radical (unpaired) electrons. The Hall–Kier alpha value is -1.35. The number of ketones is 1. The van der Waals surface area contributed by atoms with E-state index in [-0.39, 0.29) is 5.78 Å². The first kappa shape index (κ1) is 12.1. The van der Waals surface area contributed by atoms with Crippen molar-refractivity contribution in [2.24, 2.45) is 11.8 Å². The molecule has 1 saturated carbocycles. The highest BCUT2D eigenvalue weighted by atomic mass is 35.5. The summed E-state index contributed by atoms with van der Waals surface area (Å²) < 4.78 is 0. The van der Waals surface area contributed by atoms with Crippen LogP contribution in [0.5, 0.6) is 0 Å². The molecule has 3 nitrogen and oxygen atoms in total. The van der Waals surface area contributed by atoms with Gasteiger partial charge in [0.05, 0.1) is 5.92 Å². The second-order valence-electron chi connectivity index (χ2n) is 4.36. The molecule has 17 heavy (non-hydrogen) atoms. The van der Waals surface area contributed by atoms with Gasteiger partial charge < -0.3 is 5.11 Å². The van der Waals surface area contributed by atoms with Crippen molar-refractivity contribution < 1.29 is 14.7 Å². The van der Waals surface area contributed by atoms with E-state index in [9.17, 15) is 9.59 Å². The van der Waals surface area contributed by atoms with Gasteiger partial charge in [0, 0.05) is 16.5 Å². The van der Waals surface area contributed by atoms with Gasteiger partial charge in [-0.15, -0.1) is 0 Å². The predicted molar refractivity (Wildman–Crippen MR) is 64.2 cm³/mol. The van der Waals surface area contributed by atoms with Gasteiger partial charge in [-0.05, 0) is 25.0 Å². The summed E-state index contributed by atoms with van der Waals surface area (Å²) in [6.07, 6.45) is 2.04. The van der Waals surface area contributed by atoms with E-state index in [1.807, 2.05) is 0 Å². The molecule has 0 heterocycles. The summed E-state index contributed by atoms with van der Waals surface area (Å²) in [5, 5.41) is 9.56. The van der Waals surface area contributed by atoms with Crippen molar-refractivity contribution in [3.63, 3.8) is 0 Å². The number of halogens is 1. The minimum atomic E-state index is -0.872. The molecule has 0 spiro atoms. The zero-order valence-electron chi connectivity index (χ0n) is 9.23. The van der Waals surface area contributed by atoms with Gasteiger partial charge >= 0.3 is 5.97 Å². The number of benzene rings is 1. The lowest BCUT2D eigenvalue weighted by molar-refractivity contribution is -0.142. The minimum Gasteiger partial charge on any atom is -0.481 e. The van der Waals surface area contributed by atoms with E-state index in [2.05, 4.69) is 0 Å². The molecule has 1 fully saturated rings. The van der Waals surface area contributed by atoms with Crippen LogP contribution in [-0.4, -0.2) is 16.9 Å². The van der Waals surface area contributed by atoms with Crippen LogP contribution in [0.25, 0.3) is 0 Å². The summed E-state index contributed by atoms with van der Waals surface area (Å²) in [5.41, 5.74) is 0.510. The predicted octanol–water partition coefficient (Wildman–Crippen LogP) is 3.02. The lowest BCUT2D eigenvalue weighted by atomic mass is 9.88. The summed E-state index contributed by atoms with van der Waals surface area (Å²) >= 11 is 5.83. The van der Waals surface area contributed by atoms with Crippen molar-refractivity contribution in [1.82, 2.24) is 0 Å². The van der Waals surface area contributed by atoms with E-state index in [4.69, 9.17) is 16.7 Å². The standard InChI is InChI=1S/C13H13ClO3/c14-9-4-1-3-8(7-9)12(15)10-5-2-6-11(10)13(16)17/h1,3-4,7,10-11H,2,5-6H2,(H,16,17)/t10-,11+/m0/s1. The van der Waals surface area contributed by atoms with Crippen LogP contribution in [0, 0.1) is 11.8 Å². The Morgan fingerprint density at radius 2 is 1.94 bits per heavy atom. The lowest BCUT2D eigenvalue weighted by Crippen LogP contribution is -2.25. The topological polar surface area (TPSA) is 54.4 Å². The molecule has 2 rings (SSSR count). The Balaban J connectivity index is 2.23. The molecule has 0 amide bonds. The molecule has 0 bridgehead atoms. The molecule has 1 aliphatic carbocycles. The van der Waals surface area contributed by atoms with Crippen LogP contribution < -0.4 is 0 Å². The summed E-state index contributed by atoms with van der Waals surface area (Å²) in [4.78, 5) is 23.2. The molecule has 1 aliphatic rings. The van der Waals surface area contributed by atoms with Crippen LogP contribution in [-0.2, 0) is 4.79 Å². The van der Waals surface area contributed by atoms with Crippen molar-refractivity contribution >= 4 is 23.4 Å². The zero-order chi connectivity index (χ0) is 12.4. The highest BCUT2D eigenvalue weighted by Gasteiger charge is 2.37.